The van der Waals surface area contributed by atoms with Gasteiger partial charge < -0.3 is 15.5 Å². The van der Waals surface area contributed by atoms with Gasteiger partial charge in [-0.05, 0) is 51.5 Å². The van der Waals surface area contributed by atoms with Crippen LogP contribution in [-0.2, 0) is 0 Å². The fraction of sp³-hybridized carbons (Fsp3) is 1.00. The summed E-state index contributed by atoms with van der Waals surface area (Å²) in [4.78, 5) is 2.51. The third-order valence-corrected chi connectivity index (χ3v) is 4.41. The zero-order valence-electron chi connectivity index (χ0n) is 13.7. The van der Waals surface area contributed by atoms with Crippen molar-refractivity contribution in [1.82, 2.24) is 10.2 Å². The van der Waals surface area contributed by atoms with E-state index in [0.717, 1.165) is 38.9 Å². The highest BCUT2D eigenvalue weighted by molar-refractivity contribution is 4.86. The first-order valence-electron chi connectivity index (χ1n) is 8.20. The van der Waals surface area contributed by atoms with Crippen LogP contribution in [-0.4, -0.2) is 59.5 Å². The number of aliphatic hydroxyl groups is 2. The van der Waals surface area contributed by atoms with Gasteiger partial charge in [0.15, 0.2) is 0 Å². The van der Waals surface area contributed by atoms with Gasteiger partial charge in [0.25, 0.3) is 0 Å². The molecule has 3 atom stereocenters. The molecule has 1 rings (SSSR count). The molecule has 0 radical (unpaired) electrons. The quantitative estimate of drug-likeness (QED) is 0.591. The highest BCUT2D eigenvalue weighted by Gasteiger charge is 2.29. The van der Waals surface area contributed by atoms with E-state index in [0.29, 0.717) is 23.9 Å². The van der Waals surface area contributed by atoms with Gasteiger partial charge in [-0.15, -0.1) is 0 Å². The number of likely N-dealkylation sites (tertiary alicyclic amines) is 1. The molecule has 0 aromatic rings. The molecule has 0 aromatic carbocycles. The molecule has 4 heteroatoms. The van der Waals surface area contributed by atoms with Crippen LogP contribution in [0.15, 0.2) is 0 Å². The smallest absolute Gasteiger partial charge is 0.0566 e. The Balaban J connectivity index is 2.51. The Morgan fingerprint density at radius 1 is 1.20 bits per heavy atom. The van der Waals surface area contributed by atoms with E-state index < -0.39 is 0 Å². The minimum absolute atomic E-state index is 0.190. The zero-order valence-corrected chi connectivity index (χ0v) is 13.7. The molecular formula is C16H34N2O2. The van der Waals surface area contributed by atoms with Crippen molar-refractivity contribution in [1.29, 1.82) is 0 Å². The molecule has 0 aromatic heterocycles. The number of hydrogen-bond acceptors (Lipinski definition) is 4. The van der Waals surface area contributed by atoms with Gasteiger partial charge >= 0.3 is 0 Å². The lowest BCUT2D eigenvalue weighted by Gasteiger charge is -2.41. The average molecular weight is 286 g/mol. The van der Waals surface area contributed by atoms with Crippen molar-refractivity contribution in [2.24, 2.45) is 11.8 Å². The number of rotatable bonds is 8. The maximum atomic E-state index is 10.1. The van der Waals surface area contributed by atoms with Gasteiger partial charge in [-0.1, -0.05) is 13.8 Å². The van der Waals surface area contributed by atoms with Crippen molar-refractivity contribution < 1.29 is 10.2 Å². The molecule has 1 heterocycles. The van der Waals surface area contributed by atoms with Crippen LogP contribution in [0.3, 0.4) is 0 Å². The van der Waals surface area contributed by atoms with E-state index in [1.165, 1.54) is 0 Å². The third-order valence-electron chi connectivity index (χ3n) is 4.41. The summed E-state index contributed by atoms with van der Waals surface area (Å²) in [6.45, 7) is 12.0. The van der Waals surface area contributed by atoms with Gasteiger partial charge in [0.05, 0.1) is 6.10 Å². The van der Waals surface area contributed by atoms with Crippen molar-refractivity contribution in [3.63, 3.8) is 0 Å². The molecule has 20 heavy (non-hydrogen) atoms. The summed E-state index contributed by atoms with van der Waals surface area (Å²) >= 11 is 0. The fourth-order valence-corrected chi connectivity index (χ4v) is 2.98. The van der Waals surface area contributed by atoms with Gasteiger partial charge in [0, 0.05) is 31.8 Å². The normalized spacial score (nSPS) is 26.4. The lowest BCUT2D eigenvalue weighted by Crippen LogP contribution is -2.52. The number of nitrogens with zero attached hydrogens (tertiary/aromatic N) is 1. The number of piperidine rings is 1. The van der Waals surface area contributed by atoms with Crippen LogP contribution in [0, 0.1) is 11.8 Å². The number of hydrogen-bond donors (Lipinski definition) is 3. The van der Waals surface area contributed by atoms with Crippen LogP contribution in [0.5, 0.6) is 0 Å². The summed E-state index contributed by atoms with van der Waals surface area (Å²) in [5, 5.41) is 22.6. The van der Waals surface area contributed by atoms with Gasteiger partial charge in [0.1, 0.15) is 0 Å². The summed E-state index contributed by atoms with van der Waals surface area (Å²) in [6.07, 6.45) is 2.67. The Kier molecular flexibility index (Phi) is 8.03. The Bertz CT molecular complexity index is 257. The van der Waals surface area contributed by atoms with Crippen LogP contribution < -0.4 is 5.32 Å². The number of aliphatic hydroxyl groups excluding tert-OH is 2. The Morgan fingerprint density at radius 3 is 2.45 bits per heavy atom. The van der Waals surface area contributed by atoms with Crippen molar-refractivity contribution in [3.8, 4) is 0 Å². The van der Waals surface area contributed by atoms with Crippen molar-refractivity contribution in [2.75, 3.05) is 26.2 Å². The molecule has 4 nitrogen and oxygen atoms in total. The largest absolute Gasteiger partial charge is 0.396 e. The molecular weight excluding hydrogens is 252 g/mol. The molecule has 3 unspecified atom stereocenters. The highest BCUT2D eigenvalue weighted by atomic mass is 16.3. The maximum absolute atomic E-state index is 10.1. The second-order valence-corrected chi connectivity index (χ2v) is 6.92. The molecule has 1 fully saturated rings. The SMILES string of the molecule is CC(C)C(O)CC1CC(NCCCO)CN(C(C)C)C1. The zero-order chi connectivity index (χ0) is 15.1. The van der Waals surface area contributed by atoms with Gasteiger partial charge in [0.2, 0.25) is 0 Å². The topological polar surface area (TPSA) is 55.7 Å². The lowest BCUT2D eigenvalue weighted by molar-refractivity contribution is 0.0517. The molecule has 0 bridgehead atoms. The number of nitrogens with one attached hydrogen (secondary N) is 1. The minimum Gasteiger partial charge on any atom is -0.396 e. The molecule has 0 amide bonds. The van der Waals surface area contributed by atoms with E-state index in [4.69, 9.17) is 5.11 Å². The molecule has 1 aliphatic rings. The first-order chi connectivity index (χ1) is 9.43. The van der Waals surface area contributed by atoms with E-state index in [1.807, 2.05) is 0 Å². The van der Waals surface area contributed by atoms with Crippen LogP contribution in [0.25, 0.3) is 0 Å². The van der Waals surface area contributed by atoms with Crippen molar-refractivity contribution >= 4 is 0 Å². The summed E-state index contributed by atoms with van der Waals surface area (Å²) in [7, 11) is 0. The first-order valence-corrected chi connectivity index (χ1v) is 8.20. The molecule has 0 spiro atoms. The fourth-order valence-electron chi connectivity index (χ4n) is 2.98. The molecule has 1 saturated heterocycles. The van der Waals surface area contributed by atoms with Crippen molar-refractivity contribution in [3.05, 3.63) is 0 Å². The van der Waals surface area contributed by atoms with Gasteiger partial charge in [-0.25, -0.2) is 0 Å². The Labute approximate surface area is 124 Å². The summed E-state index contributed by atoms with van der Waals surface area (Å²) < 4.78 is 0. The van der Waals surface area contributed by atoms with Crippen LogP contribution >= 0.6 is 0 Å². The standard InChI is InChI=1S/C16H34N2O2/c1-12(2)16(20)9-14-8-15(17-6-5-7-19)11-18(10-14)13(3)4/h12-17,19-20H,5-11H2,1-4H3. The van der Waals surface area contributed by atoms with E-state index in [9.17, 15) is 5.11 Å². The van der Waals surface area contributed by atoms with E-state index in [1.54, 1.807) is 0 Å². The van der Waals surface area contributed by atoms with Crippen molar-refractivity contribution in [2.45, 2.75) is 65.1 Å². The van der Waals surface area contributed by atoms with E-state index in [-0.39, 0.29) is 12.7 Å². The monoisotopic (exact) mass is 286 g/mol. The van der Waals surface area contributed by atoms with E-state index in [2.05, 4.69) is 37.9 Å². The van der Waals surface area contributed by atoms with Crippen LogP contribution in [0.1, 0.15) is 47.0 Å². The summed E-state index contributed by atoms with van der Waals surface area (Å²) in [5.41, 5.74) is 0. The van der Waals surface area contributed by atoms with E-state index >= 15 is 0 Å². The highest BCUT2D eigenvalue weighted by Crippen LogP contribution is 2.25. The van der Waals surface area contributed by atoms with Gasteiger partial charge in [-0.2, -0.15) is 0 Å². The minimum atomic E-state index is -0.190. The van der Waals surface area contributed by atoms with Crippen LogP contribution in [0.2, 0.25) is 0 Å². The summed E-state index contributed by atoms with van der Waals surface area (Å²) in [5.74, 6) is 0.903. The molecule has 1 aliphatic heterocycles. The third kappa shape index (κ3) is 6.08. The maximum Gasteiger partial charge on any atom is 0.0566 e. The Morgan fingerprint density at radius 2 is 1.90 bits per heavy atom. The molecule has 120 valence electrons. The molecule has 0 saturated carbocycles. The summed E-state index contributed by atoms with van der Waals surface area (Å²) in [6, 6.07) is 1.04. The van der Waals surface area contributed by atoms with Crippen LogP contribution in [0.4, 0.5) is 0 Å². The average Bonchev–Trinajstić information content (AvgIpc) is 2.38. The van der Waals surface area contributed by atoms with Gasteiger partial charge in [-0.3, -0.25) is 4.90 Å². The second kappa shape index (κ2) is 8.98. The first kappa shape index (κ1) is 17.9. The molecule has 3 N–H and O–H groups in total. The predicted octanol–water partition coefficient (Wildman–Crippen LogP) is 1.46. The Hall–Kier alpha value is -0.160. The second-order valence-electron chi connectivity index (χ2n) is 6.92. The molecule has 0 aliphatic carbocycles. The predicted molar refractivity (Wildman–Crippen MR) is 83.8 cm³/mol. The lowest BCUT2D eigenvalue weighted by atomic mass is 9.86.